The second-order valence-corrected chi connectivity index (χ2v) is 5.46. The first-order chi connectivity index (χ1) is 9.18. The number of nitrogens with zero attached hydrogens (tertiary/aromatic N) is 1. The lowest BCUT2D eigenvalue weighted by Gasteiger charge is -2.20. The fourth-order valence-corrected chi connectivity index (χ4v) is 2.92. The first-order valence-corrected chi connectivity index (χ1v) is 6.95. The Hall–Kier alpha value is -1.45. The van der Waals surface area contributed by atoms with Crippen LogP contribution in [0.3, 0.4) is 0 Å². The molecule has 2 unspecified atom stereocenters. The molecule has 1 aromatic heterocycles. The van der Waals surface area contributed by atoms with Crippen molar-refractivity contribution in [2.75, 3.05) is 6.54 Å². The molecule has 0 aliphatic carbocycles. The van der Waals surface area contributed by atoms with Crippen LogP contribution in [0.1, 0.15) is 35.6 Å². The third-order valence-electron chi connectivity index (χ3n) is 4.25. The van der Waals surface area contributed by atoms with Gasteiger partial charge in [0.2, 0.25) is 0 Å². The smallest absolute Gasteiger partial charge is 0.0963 e. The van der Waals surface area contributed by atoms with Crippen LogP contribution in [0.2, 0.25) is 0 Å². The Kier molecular flexibility index (Phi) is 3.25. The first kappa shape index (κ1) is 12.6. The van der Waals surface area contributed by atoms with Crippen LogP contribution in [0.25, 0.3) is 10.9 Å². The van der Waals surface area contributed by atoms with Gasteiger partial charge in [0, 0.05) is 23.2 Å². The van der Waals surface area contributed by atoms with Gasteiger partial charge in [0.1, 0.15) is 0 Å². The summed E-state index contributed by atoms with van der Waals surface area (Å²) in [4.78, 5) is 4.55. The van der Waals surface area contributed by atoms with Crippen LogP contribution >= 0.6 is 0 Å². The number of benzene rings is 1. The zero-order valence-electron chi connectivity index (χ0n) is 11.5. The monoisotopic (exact) mass is 256 g/mol. The van der Waals surface area contributed by atoms with Gasteiger partial charge in [-0.2, -0.15) is 0 Å². The van der Waals surface area contributed by atoms with E-state index in [0.717, 1.165) is 35.9 Å². The quantitative estimate of drug-likeness (QED) is 0.868. The van der Waals surface area contributed by atoms with E-state index in [1.54, 1.807) is 0 Å². The SMILES string of the molecule is Cc1cnc2c(C(O)C3CCCN3)cccc2c1C. The lowest BCUT2D eigenvalue weighted by molar-refractivity contribution is 0.139. The minimum absolute atomic E-state index is 0.161. The Labute approximate surface area is 113 Å². The van der Waals surface area contributed by atoms with E-state index in [1.807, 2.05) is 18.3 Å². The maximum absolute atomic E-state index is 10.6. The predicted octanol–water partition coefficient (Wildman–Crippen LogP) is 2.64. The van der Waals surface area contributed by atoms with Crippen molar-refractivity contribution in [1.82, 2.24) is 10.3 Å². The van der Waals surface area contributed by atoms with E-state index in [4.69, 9.17) is 0 Å². The Balaban J connectivity index is 2.11. The van der Waals surface area contributed by atoms with Crippen molar-refractivity contribution >= 4 is 10.9 Å². The number of aryl methyl sites for hydroxylation is 2. The molecule has 1 aromatic carbocycles. The molecule has 19 heavy (non-hydrogen) atoms. The molecule has 3 heteroatoms. The van der Waals surface area contributed by atoms with Crippen molar-refractivity contribution in [1.29, 1.82) is 0 Å². The molecule has 1 aliphatic heterocycles. The summed E-state index contributed by atoms with van der Waals surface area (Å²) in [6.45, 7) is 5.19. The van der Waals surface area contributed by atoms with Crippen molar-refractivity contribution < 1.29 is 5.11 Å². The molecular weight excluding hydrogens is 236 g/mol. The number of rotatable bonds is 2. The van der Waals surface area contributed by atoms with Crippen LogP contribution < -0.4 is 5.32 Å². The third-order valence-corrected chi connectivity index (χ3v) is 4.25. The molecule has 2 heterocycles. The fourth-order valence-electron chi connectivity index (χ4n) is 2.92. The van der Waals surface area contributed by atoms with E-state index < -0.39 is 6.10 Å². The van der Waals surface area contributed by atoms with E-state index in [0.29, 0.717) is 0 Å². The maximum atomic E-state index is 10.6. The van der Waals surface area contributed by atoms with E-state index in [9.17, 15) is 5.11 Å². The highest BCUT2D eigenvalue weighted by atomic mass is 16.3. The van der Waals surface area contributed by atoms with Crippen molar-refractivity contribution in [3.8, 4) is 0 Å². The lowest BCUT2D eigenvalue weighted by Crippen LogP contribution is -2.28. The number of aliphatic hydroxyl groups excluding tert-OH is 1. The molecule has 1 fully saturated rings. The zero-order chi connectivity index (χ0) is 13.4. The molecule has 1 saturated heterocycles. The predicted molar refractivity (Wildman–Crippen MR) is 77.2 cm³/mol. The van der Waals surface area contributed by atoms with Gasteiger partial charge < -0.3 is 10.4 Å². The average Bonchev–Trinajstić information content (AvgIpc) is 2.96. The Bertz CT molecular complexity index is 603. The second kappa shape index (κ2) is 4.91. The number of aliphatic hydroxyl groups is 1. The van der Waals surface area contributed by atoms with Gasteiger partial charge in [-0.3, -0.25) is 4.98 Å². The summed E-state index contributed by atoms with van der Waals surface area (Å²) in [5.41, 5.74) is 4.32. The summed E-state index contributed by atoms with van der Waals surface area (Å²) in [5.74, 6) is 0. The van der Waals surface area contributed by atoms with Gasteiger partial charge in [0.05, 0.1) is 11.6 Å². The molecule has 0 radical (unpaired) electrons. The normalized spacial score (nSPS) is 20.9. The molecule has 0 spiro atoms. The van der Waals surface area contributed by atoms with E-state index in [-0.39, 0.29) is 6.04 Å². The summed E-state index contributed by atoms with van der Waals surface area (Å²) in [6.07, 6.45) is 3.59. The maximum Gasteiger partial charge on any atom is 0.0963 e. The van der Waals surface area contributed by atoms with Crippen molar-refractivity contribution in [3.05, 3.63) is 41.1 Å². The van der Waals surface area contributed by atoms with E-state index >= 15 is 0 Å². The van der Waals surface area contributed by atoms with Crippen molar-refractivity contribution in [3.63, 3.8) is 0 Å². The number of fused-ring (bicyclic) bond motifs is 1. The minimum Gasteiger partial charge on any atom is -0.387 e. The van der Waals surface area contributed by atoms with Gasteiger partial charge in [-0.25, -0.2) is 0 Å². The largest absolute Gasteiger partial charge is 0.387 e. The topological polar surface area (TPSA) is 45.2 Å². The number of aromatic nitrogens is 1. The number of pyridine rings is 1. The van der Waals surface area contributed by atoms with E-state index in [2.05, 4.69) is 30.2 Å². The average molecular weight is 256 g/mol. The highest BCUT2D eigenvalue weighted by Gasteiger charge is 2.25. The van der Waals surface area contributed by atoms with Crippen LogP contribution in [-0.2, 0) is 0 Å². The third kappa shape index (κ3) is 2.13. The molecule has 3 nitrogen and oxygen atoms in total. The molecule has 3 rings (SSSR count). The molecular formula is C16H20N2O. The molecule has 100 valence electrons. The van der Waals surface area contributed by atoms with Crippen LogP contribution in [0.4, 0.5) is 0 Å². The molecule has 0 amide bonds. The van der Waals surface area contributed by atoms with Gasteiger partial charge in [0.25, 0.3) is 0 Å². The number of hydrogen-bond acceptors (Lipinski definition) is 3. The zero-order valence-corrected chi connectivity index (χ0v) is 11.5. The summed E-state index contributed by atoms with van der Waals surface area (Å²) in [6, 6.07) is 6.26. The first-order valence-electron chi connectivity index (χ1n) is 6.95. The van der Waals surface area contributed by atoms with Gasteiger partial charge in [-0.15, -0.1) is 0 Å². The minimum atomic E-state index is -0.471. The molecule has 1 aliphatic rings. The van der Waals surface area contributed by atoms with Crippen molar-refractivity contribution in [2.45, 2.75) is 38.8 Å². The number of hydrogen-bond donors (Lipinski definition) is 2. The Morgan fingerprint density at radius 1 is 1.37 bits per heavy atom. The van der Waals surface area contributed by atoms with E-state index in [1.165, 1.54) is 11.1 Å². The summed E-state index contributed by atoms with van der Waals surface area (Å²) in [7, 11) is 0. The van der Waals surface area contributed by atoms with Gasteiger partial charge in [-0.1, -0.05) is 18.2 Å². The van der Waals surface area contributed by atoms with Gasteiger partial charge >= 0.3 is 0 Å². The van der Waals surface area contributed by atoms with Crippen LogP contribution in [0.15, 0.2) is 24.4 Å². The number of nitrogens with one attached hydrogen (secondary N) is 1. The van der Waals surface area contributed by atoms with Gasteiger partial charge in [-0.05, 0) is 44.4 Å². The molecule has 0 saturated carbocycles. The van der Waals surface area contributed by atoms with Crippen LogP contribution in [0, 0.1) is 13.8 Å². The summed E-state index contributed by atoms with van der Waals surface area (Å²) >= 11 is 0. The van der Waals surface area contributed by atoms with Crippen LogP contribution in [-0.4, -0.2) is 22.7 Å². The summed E-state index contributed by atoms with van der Waals surface area (Å²) in [5, 5.41) is 15.1. The van der Waals surface area contributed by atoms with Crippen LogP contribution in [0.5, 0.6) is 0 Å². The molecule has 2 aromatic rings. The van der Waals surface area contributed by atoms with Gasteiger partial charge in [0.15, 0.2) is 0 Å². The highest BCUT2D eigenvalue weighted by Crippen LogP contribution is 2.30. The number of para-hydroxylation sites is 1. The Morgan fingerprint density at radius 3 is 2.95 bits per heavy atom. The van der Waals surface area contributed by atoms with Crippen molar-refractivity contribution in [2.24, 2.45) is 0 Å². The standard InChI is InChI=1S/C16H20N2O/c1-10-9-18-15-12(11(10)2)5-3-6-13(15)16(19)14-7-4-8-17-14/h3,5-6,9,14,16-17,19H,4,7-8H2,1-2H3. The second-order valence-electron chi connectivity index (χ2n) is 5.46. The molecule has 2 atom stereocenters. The highest BCUT2D eigenvalue weighted by molar-refractivity contribution is 5.85. The lowest BCUT2D eigenvalue weighted by atomic mass is 9.96. The molecule has 0 bridgehead atoms. The Morgan fingerprint density at radius 2 is 2.21 bits per heavy atom. The fraction of sp³-hybridized carbons (Fsp3) is 0.438. The molecule has 2 N–H and O–H groups in total. The summed E-state index contributed by atoms with van der Waals surface area (Å²) < 4.78 is 0.